The third-order valence-corrected chi connectivity index (χ3v) is 4.38. The van der Waals surface area contributed by atoms with Crippen molar-refractivity contribution in [3.05, 3.63) is 75.2 Å². The first-order valence-electron chi connectivity index (χ1n) is 7.53. The van der Waals surface area contributed by atoms with Crippen LogP contribution in [0, 0.1) is 6.92 Å². The highest BCUT2D eigenvalue weighted by Gasteiger charge is 2.09. The highest BCUT2D eigenvalue weighted by Crippen LogP contribution is 2.21. The Labute approximate surface area is 152 Å². The molecule has 25 heavy (non-hydrogen) atoms. The van der Waals surface area contributed by atoms with Crippen LogP contribution in [0.5, 0.6) is 0 Å². The lowest BCUT2D eigenvalue weighted by molar-refractivity contribution is 1.13. The molecule has 0 bridgehead atoms. The lowest BCUT2D eigenvalue weighted by atomic mass is 10.1. The molecule has 124 valence electrons. The van der Waals surface area contributed by atoms with Gasteiger partial charge in [-0.2, -0.15) is 0 Å². The summed E-state index contributed by atoms with van der Waals surface area (Å²) in [7, 11) is 0. The average Bonchev–Trinajstić information content (AvgIpc) is 2.97. The Bertz CT molecular complexity index is 1210. The SMILES string of the molecule is Cc1cccc2c(=O)[nH]c(C(Cl)=Cc3cn4cc(Cl)ccc4n3)nc12. The van der Waals surface area contributed by atoms with Crippen molar-refractivity contribution in [1.29, 1.82) is 0 Å². The number of hydrogen-bond donors (Lipinski definition) is 1. The van der Waals surface area contributed by atoms with Crippen molar-refractivity contribution >= 4 is 50.9 Å². The van der Waals surface area contributed by atoms with Crippen LogP contribution >= 0.6 is 23.2 Å². The number of nitrogens with one attached hydrogen (secondary N) is 1. The molecule has 0 aliphatic rings. The van der Waals surface area contributed by atoms with Crippen LogP contribution in [0.25, 0.3) is 27.7 Å². The third kappa shape index (κ3) is 2.92. The van der Waals surface area contributed by atoms with Crippen molar-refractivity contribution in [3.63, 3.8) is 0 Å². The van der Waals surface area contributed by atoms with Crippen molar-refractivity contribution in [3.8, 4) is 0 Å². The standard InChI is InChI=1S/C18H12Cl2N4O/c1-10-3-2-4-13-16(10)22-17(23-18(13)25)14(20)7-12-9-24-8-11(19)5-6-15(24)21-12/h2-9H,1H3,(H,22,23,25). The molecule has 0 radical (unpaired) electrons. The number of rotatable bonds is 2. The zero-order chi connectivity index (χ0) is 17.6. The van der Waals surface area contributed by atoms with Crippen molar-refractivity contribution in [2.45, 2.75) is 6.92 Å². The van der Waals surface area contributed by atoms with Crippen molar-refractivity contribution < 1.29 is 0 Å². The van der Waals surface area contributed by atoms with Crippen LogP contribution in [0.1, 0.15) is 17.1 Å². The molecule has 0 spiro atoms. The molecule has 0 unspecified atom stereocenters. The topological polar surface area (TPSA) is 63.0 Å². The fourth-order valence-corrected chi connectivity index (χ4v) is 3.04. The number of benzene rings is 1. The summed E-state index contributed by atoms with van der Waals surface area (Å²) >= 11 is 12.4. The Balaban J connectivity index is 1.82. The van der Waals surface area contributed by atoms with Gasteiger partial charge in [0, 0.05) is 12.4 Å². The molecule has 0 amide bonds. The molecule has 0 saturated heterocycles. The van der Waals surface area contributed by atoms with Gasteiger partial charge in [-0.25, -0.2) is 9.97 Å². The Morgan fingerprint density at radius 3 is 2.88 bits per heavy atom. The maximum atomic E-state index is 12.3. The van der Waals surface area contributed by atoms with Gasteiger partial charge >= 0.3 is 0 Å². The predicted octanol–water partition coefficient (Wildman–Crippen LogP) is 4.27. The Morgan fingerprint density at radius 2 is 2.04 bits per heavy atom. The van der Waals surface area contributed by atoms with Gasteiger partial charge in [-0.05, 0) is 36.8 Å². The molecule has 1 aromatic carbocycles. The van der Waals surface area contributed by atoms with E-state index in [1.807, 2.05) is 25.1 Å². The van der Waals surface area contributed by atoms with E-state index >= 15 is 0 Å². The molecule has 1 N–H and O–H groups in total. The fourth-order valence-electron chi connectivity index (χ4n) is 2.67. The van der Waals surface area contributed by atoms with Crippen LogP contribution < -0.4 is 5.56 Å². The first kappa shape index (κ1) is 15.9. The summed E-state index contributed by atoms with van der Waals surface area (Å²) in [6.07, 6.45) is 5.22. The van der Waals surface area contributed by atoms with E-state index < -0.39 is 0 Å². The summed E-state index contributed by atoms with van der Waals surface area (Å²) in [4.78, 5) is 23.9. The van der Waals surface area contributed by atoms with Crippen molar-refractivity contribution in [2.24, 2.45) is 0 Å². The molecule has 0 aliphatic carbocycles. The summed E-state index contributed by atoms with van der Waals surface area (Å²) in [5, 5.41) is 1.45. The van der Waals surface area contributed by atoms with Gasteiger partial charge in [0.05, 0.1) is 26.7 Å². The fraction of sp³-hybridized carbons (Fsp3) is 0.0556. The molecule has 4 rings (SSSR count). The summed E-state index contributed by atoms with van der Waals surface area (Å²) in [6.45, 7) is 1.90. The van der Waals surface area contributed by atoms with E-state index in [9.17, 15) is 4.79 Å². The lowest BCUT2D eigenvalue weighted by Gasteiger charge is -2.03. The smallest absolute Gasteiger partial charge is 0.259 e. The Morgan fingerprint density at radius 1 is 1.20 bits per heavy atom. The predicted molar refractivity (Wildman–Crippen MR) is 101 cm³/mol. The molecule has 5 nitrogen and oxygen atoms in total. The molecule has 0 aliphatic heterocycles. The Hall–Kier alpha value is -2.63. The lowest BCUT2D eigenvalue weighted by Crippen LogP contribution is -2.11. The zero-order valence-corrected chi connectivity index (χ0v) is 14.6. The second-order valence-corrected chi connectivity index (χ2v) is 6.50. The number of aromatic amines is 1. The van der Waals surface area contributed by atoms with E-state index in [0.717, 1.165) is 11.2 Å². The second-order valence-electron chi connectivity index (χ2n) is 5.66. The van der Waals surface area contributed by atoms with Crippen LogP contribution in [0.3, 0.4) is 0 Å². The summed E-state index contributed by atoms with van der Waals surface area (Å²) in [5.74, 6) is 0.309. The molecule has 3 heterocycles. The van der Waals surface area contributed by atoms with Crippen LogP contribution in [-0.2, 0) is 0 Å². The number of halogens is 2. The quantitative estimate of drug-likeness (QED) is 0.572. The number of nitrogens with zero attached hydrogens (tertiary/aromatic N) is 3. The summed E-state index contributed by atoms with van der Waals surface area (Å²) in [5.41, 5.74) is 2.71. The van der Waals surface area contributed by atoms with E-state index in [2.05, 4.69) is 15.0 Å². The summed E-state index contributed by atoms with van der Waals surface area (Å²) in [6, 6.07) is 9.05. The second kappa shape index (κ2) is 6.02. The van der Waals surface area contributed by atoms with Gasteiger partial charge < -0.3 is 9.38 Å². The Kier molecular flexibility index (Phi) is 3.82. The number of para-hydroxylation sites is 1. The van der Waals surface area contributed by atoms with Gasteiger partial charge in [-0.1, -0.05) is 35.3 Å². The average molecular weight is 371 g/mol. The van der Waals surface area contributed by atoms with Gasteiger partial charge in [0.2, 0.25) is 0 Å². The minimum atomic E-state index is -0.225. The first-order chi connectivity index (χ1) is 12.0. The monoisotopic (exact) mass is 370 g/mol. The van der Waals surface area contributed by atoms with E-state index in [0.29, 0.717) is 32.5 Å². The highest BCUT2D eigenvalue weighted by atomic mass is 35.5. The van der Waals surface area contributed by atoms with Gasteiger partial charge in [-0.3, -0.25) is 4.79 Å². The number of pyridine rings is 1. The first-order valence-corrected chi connectivity index (χ1v) is 8.28. The van der Waals surface area contributed by atoms with Crippen molar-refractivity contribution in [1.82, 2.24) is 19.4 Å². The molecular formula is C18H12Cl2N4O. The van der Waals surface area contributed by atoms with Gasteiger partial charge in [0.25, 0.3) is 5.56 Å². The number of aromatic nitrogens is 4. The normalized spacial score (nSPS) is 12.2. The van der Waals surface area contributed by atoms with E-state index in [-0.39, 0.29) is 5.56 Å². The number of aryl methyl sites for hydroxylation is 1. The van der Waals surface area contributed by atoms with E-state index in [4.69, 9.17) is 23.2 Å². The van der Waals surface area contributed by atoms with Crippen LogP contribution in [0.4, 0.5) is 0 Å². The molecule has 0 fully saturated rings. The largest absolute Gasteiger partial charge is 0.305 e. The molecular weight excluding hydrogens is 359 g/mol. The zero-order valence-electron chi connectivity index (χ0n) is 13.1. The molecule has 0 atom stereocenters. The minimum absolute atomic E-state index is 0.225. The maximum absolute atomic E-state index is 12.3. The van der Waals surface area contributed by atoms with Gasteiger partial charge in [0.15, 0.2) is 5.82 Å². The summed E-state index contributed by atoms with van der Waals surface area (Å²) < 4.78 is 1.80. The van der Waals surface area contributed by atoms with E-state index in [1.54, 1.807) is 35.0 Å². The van der Waals surface area contributed by atoms with Crippen LogP contribution in [-0.4, -0.2) is 19.4 Å². The molecule has 3 aromatic heterocycles. The molecule has 0 saturated carbocycles. The number of fused-ring (bicyclic) bond motifs is 2. The molecule has 4 aromatic rings. The van der Waals surface area contributed by atoms with Crippen LogP contribution in [0.2, 0.25) is 5.02 Å². The number of imidazole rings is 1. The molecule has 7 heteroatoms. The highest BCUT2D eigenvalue weighted by molar-refractivity contribution is 6.50. The third-order valence-electron chi connectivity index (χ3n) is 3.87. The van der Waals surface area contributed by atoms with Crippen molar-refractivity contribution in [2.75, 3.05) is 0 Å². The minimum Gasteiger partial charge on any atom is -0.305 e. The van der Waals surface area contributed by atoms with Gasteiger partial charge in [0.1, 0.15) is 5.65 Å². The number of hydrogen-bond acceptors (Lipinski definition) is 3. The van der Waals surface area contributed by atoms with E-state index in [1.165, 1.54) is 0 Å². The maximum Gasteiger partial charge on any atom is 0.259 e. The van der Waals surface area contributed by atoms with Crippen LogP contribution in [0.15, 0.2) is 47.5 Å². The van der Waals surface area contributed by atoms with Gasteiger partial charge in [-0.15, -0.1) is 0 Å². The number of H-pyrrole nitrogens is 1.